The molecule has 7 heteroatoms. The molecule has 1 saturated heterocycles. The minimum Gasteiger partial charge on any atom is -0.493 e. The molecule has 0 radical (unpaired) electrons. The standard InChI is InChI=1S/C22H21BrN2O3S/c1-4-10-28-19-13-17(23)15(11-18(19)27-3)12-20-21(26)25-22(29-20)24-16-8-6-14(5-2)7-9-16/h4,6-9,11-13H,1,5,10H2,2-3H3,(H,24,25,26)/b20-12-. The SMILES string of the molecule is C=CCOc1cc(Br)c(/C=C2\SC(=Nc3ccc(CC)cc3)NC2=O)cc1OC. The summed E-state index contributed by atoms with van der Waals surface area (Å²) < 4.78 is 11.8. The average Bonchev–Trinajstić information content (AvgIpc) is 3.07. The van der Waals surface area contributed by atoms with E-state index in [0.29, 0.717) is 28.2 Å². The molecule has 0 aromatic heterocycles. The summed E-state index contributed by atoms with van der Waals surface area (Å²) in [5, 5.41) is 3.37. The third kappa shape index (κ3) is 5.31. The minimum absolute atomic E-state index is 0.184. The number of methoxy groups -OCH3 is 1. The van der Waals surface area contributed by atoms with E-state index >= 15 is 0 Å². The molecule has 0 atom stereocenters. The molecule has 0 saturated carbocycles. The quantitative estimate of drug-likeness (QED) is 0.428. The van der Waals surface area contributed by atoms with Crippen molar-refractivity contribution in [1.29, 1.82) is 0 Å². The van der Waals surface area contributed by atoms with Crippen molar-refractivity contribution >= 4 is 50.5 Å². The Hall–Kier alpha value is -2.51. The van der Waals surface area contributed by atoms with Crippen LogP contribution in [0.4, 0.5) is 5.69 Å². The molecule has 0 spiro atoms. The van der Waals surface area contributed by atoms with Gasteiger partial charge < -0.3 is 14.8 Å². The molecule has 150 valence electrons. The molecule has 1 aliphatic rings. The van der Waals surface area contributed by atoms with Crippen LogP contribution in [0.15, 0.2) is 63.4 Å². The second-order valence-electron chi connectivity index (χ2n) is 6.13. The van der Waals surface area contributed by atoms with Crippen molar-refractivity contribution in [2.45, 2.75) is 13.3 Å². The fourth-order valence-electron chi connectivity index (χ4n) is 2.63. The first-order valence-electron chi connectivity index (χ1n) is 9.03. The van der Waals surface area contributed by atoms with Crippen LogP contribution < -0.4 is 14.8 Å². The number of benzene rings is 2. The van der Waals surface area contributed by atoms with Crippen LogP contribution >= 0.6 is 27.7 Å². The number of nitrogens with one attached hydrogen (secondary N) is 1. The molecule has 3 rings (SSSR count). The zero-order valence-electron chi connectivity index (χ0n) is 16.2. The van der Waals surface area contributed by atoms with Crippen LogP contribution in [0.5, 0.6) is 11.5 Å². The lowest BCUT2D eigenvalue weighted by Crippen LogP contribution is -2.19. The zero-order chi connectivity index (χ0) is 20.8. The lowest BCUT2D eigenvalue weighted by Gasteiger charge is -2.11. The van der Waals surface area contributed by atoms with E-state index in [1.165, 1.54) is 17.3 Å². The number of aliphatic imine (C=N–C) groups is 1. The van der Waals surface area contributed by atoms with Crippen molar-refractivity contribution in [1.82, 2.24) is 5.32 Å². The van der Waals surface area contributed by atoms with E-state index in [-0.39, 0.29) is 5.91 Å². The highest BCUT2D eigenvalue weighted by Gasteiger charge is 2.24. The number of thioether (sulfide) groups is 1. The first-order chi connectivity index (χ1) is 14.0. The van der Waals surface area contributed by atoms with Gasteiger partial charge in [-0.1, -0.05) is 47.6 Å². The average molecular weight is 473 g/mol. The number of amides is 1. The predicted octanol–water partition coefficient (Wildman–Crippen LogP) is 5.48. The molecule has 0 aliphatic carbocycles. The fraction of sp³-hybridized carbons (Fsp3) is 0.182. The zero-order valence-corrected chi connectivity index (χ0v) is 18.6. The van der Waals surface area contributed by atoms with Gasteiger partial charge in [-0.15, -0.1) is 0 Å². The van der Waals surface area contributed by atoms with Gasteiger partial charge in [0.2, 0.25) is 0 Å². The normalized spacial score (nSPS) is 16.2. The number of rotatable bonds is 7. The summed E-state index contributed by atoms with van der Waals surface area (Å²) in [4.78, 5) is 17.5. The molecule has 1 heterocycles. The van der Waals surface area contributed by atoms with E-state index in [9.17, 15) is 4.79 Å². The Labute approximate surface area is 183 Å². The Kier molecular flexibility index (Phi) is 7.17. The van der Waals surface area contributed by atoms with Crippen LogP contribution in [-0.4, -0.2) is 24.8 Å². The molecule has 1 fully saturated rings. The first kappa shape index (κ1) is 21.2. The van der Waals surface area contributed by atoms with Crippen LogP contribution in [0.1, 0.15) is 18.1 Å². The second kappa shape index (κ2) is 9.80. The number of ether oxygens (including phenoxy) is 2. The maximum atomic E-state index is 12.4. The summed E-state index contributed by atoms with van der Waals surface area (Å²) in [6.45, 7) is 6.13. The van der Waals surface area contributed by atoms with E-state index in [4.69, 9.17) is 9.47 Å². The predicted molar refractivity (Wildman–Crippen MR) is 123 cm³/mol. The lowest BCUT2D eigenvalue weighted by molar-refractivity contribution is -0.115. The van der Waals surface area contributed by atoms with Crippen LogP contribution in [-0.2, 0) is 11.2 Å². The van der Waals surface area contributed by atoms with Crippen molar-refractivity contribution in [3.8, 4) is 11.5 Å². The first-order valence-corrected chi connectivity index (χ1v) is 10.6. The van der Waals surface area contributed by atoms with E-state index < -0.39 is 0 Å². The maximum Gasteiger partial charge on any atom is 0.264 e. The molecule has 0 bridgehead atoms. The van der Waals surface area contributed by atoms with Crippen LogP contribution in [0.3, 0.4) is 0 Å². The number of nitrogens with zero attached hydrogens (tertiary/aromatic N) is 1. The van der Waals surface area contributed by atoms with Gasteiger partial charge in [-0.3, -0.25) is 4.79 Å². The fourth-order valence-corrected chi connectivity index (χ4v) is 3.90. The molecule has 0 unspecified atom stereocenters. The summed E-state index contributed by atoms with van der Waals surface area (Å²) in [6, 6.07) is 11.6. The Morgan fingerprint density at radius 3 is 2.66 bits per heavy atom. The molecule has 1 aliphatic heterocycles. The van der Waals surface area contributed by atoms with Crippen LogP contribution in [0.25, 0.3) is 6.08 Å². The molecule has 29 heavy (non-hydrogen) atoms. The number of amidine groups is 1. The third-order valence-electron chi connectivity index (χ3n) is 4.15. The monoisotopic (exact) mass is 472 g/mol. The highest BCUT2D eigenvalue weighted by Crippen LogP contribution is 2.36. The molecular formula is C22H21BrN2O3S. The van der Waals surface area contributed by atoms with Crippen molar-refractivity contribution in [3.63, 3.8) is 0 Å². The van der Waals surface area contributed by atoms with E-state index in [0.717, 1.165) is 22.1 Å². The molecule has 5 nitrogen and oxygen atoms in total. The Bertz CT molecular complexity index is 984. The van der Waals surface area contributed by atoms with Gasteiger partial charge in [0.05, 0.1) is 17.7 Å². The summed E-state index contributed by atoms with van der Waals surface area (Å²) in [7, 11) is 1.58. The van der Waals surface area contributed by atoms with E-state index in [2.05, 4.69) is 39.7 Å². The lowest BCUT2D eigenvalue weighted by atomic mass is 10.2. The molecule has 2 aromatic rings. The summed E-state index contributed by atoms with van der Waals surface area (Å²) in [5.74, 6) is 0.995. The van der Waals surface area contributed by atoms with Gasteiger partial charge in [0.25, 0.3) is 5.91 Å². The molecule has 2 aromatic carbocycles. The summed E-state index contributed by atoms with van der Waals surface area (Å²) in [5.41, 5.74) is 2.86. The van der Waals surface area contributed by atoms with Gasteiger partial charge in [0.1, 0.15) is 6.61 Å². The maximum absolute atomic E-state index is 12.4. The van der Waals surface area contributed by atoms with Crippen molar-refractivity contribution in [2.75, 3.05) is 13.7 Å². The Morgan fingerprint density at radius 1 is 1.24 bits per heavy atom. The van der Waals surface area contributed by atoms with Crippen LogP contribution in [0.2, 0.25) is 0 Å². The van der Waals surface area contributed by atoms with Gasteiger partial charge in [-0.05, 0) is 59.7 Å². The minimum atomic E-state index is -0.184. The van der Waals surface area contributed by atoms with Gasteiger partial charge in [0.15, 0.2) is 16.7 Å². The van der Waals surface area contributed by atoms with Crippen LogP contribution in [0, 0.1) is 0 Å². The number of halogens is 1. The Balaban J connectivity index is 1.83. The van der Waals surface area contributed by atoms with Gasteiger partial charge >= 0.3 is 0 Å². The summed E-state index contributed by atoms with van der Waals surface area (Å²) in [6.07, 6.45) is 4.44. The number of hydrogen-bond donors (Lipinski definition) is 1. The van der Waals surface area contributed by atoms with E-state index in [1.54, 1.807) is 19.3 Å². The van der Waals surface area contributed by atoms with Gasteiger partial charge in [0, 0.05) is 4.47 Å². The highest BCUT2D eigenvalue weighted by atomic mass is 79.9. The largest absolute Gasteiger partial charge is 0.493 e. The second-order valence-corrected chi connectivity index (χ2v) is 8.01. The number of carbonyl (C=O) groups is 1. The number of carbonyl (C=O) groups excluding carboxylic acids is 1. The van der Waals surface area contributed by atoms with Crippen molar-refractivity contribution < 1.29 is 14.3 Å². The third-order valence-corrected chi connectivity index (χ3v) is 5.75. The topological polar surface area (TPSA) is 59.9 Å². The number of aryl methyl sites for hydroxylation is 1. The molecule has 1 N–H and O–H groups in total. The number of hydrogen-bond acceptors (Lipinski definition) is 5. The smallest absolute Gasteiger partial charge is 0.264 e. The summed E-state index contributed by atoms with van der Waals surface area (Å²) >= 11 is 4.84. The van der Waals surface area contributed by atoms with E-state index in [1.807, 2.05) is 36.4 Å². The van der Waals surface area contributed by atoms with Crippen molar-refractivity contribution in [2.24, 2.45) is 4.99 Å². The van der Waals surface area contributed by atoms with Gasteiger partial charge in [-0.2, -0.15) is 0 Å². The van der Waals surface area contributed by atoms with Gasteiger partial charge in [-0.25, -0.2) is 4.99 Å². The molecular weight excluding hydrogens is 452 g/mol. The van der Waals surface area contributed by atoms with Crippen molar-refractivity contribution in [3.05, 3.63) is 69.6 Å². The molecule has 1 amide bonds. The highest BCUT2D eigenvalue weighted by molar-refractivity contribution is 9.10. The Morgan fingerprint density at radius 2 is 2.00 bits per heavy atom.